The van der Waals surface area contributed by atoms with E-state index >= 15 is 0 Å². The van der Waals surface area contributed by atoms with Gasteiger partial charge in [0.05, 0.1) is 36.6 Å². The average molecular weight is 695 g/mol. The molecule has 0 radical (unpaired) electrons. The molecule has 5 N–H and O–H groups in total. The van der Waals surface area contributed by atoms with Gasteiger partial charge in [-0.05, 0) is 45.6 Å². The maximum atomic E-state index is 14.9. The Morgan fingerprint density at radius 1 is 1.08 bits per heavy atom. The van der Waals surface area contributed by atoms with Crippen molar-refractivity contribution in [3.8, 4) is 0 Å². The zero-order valence-corrected chi connectivity index (χ0v) is 28.4. The Bertz CT molecular complexity index is 1470. The Hall–Kier alpha value is -2.92. The monoisotopic (exact) mass is 694 g/mol. The zero-order valence-electron chi connectivity index (χ0n) is 28.4. The van der Waals surface area contributed by atoms with Crippen LogP contribution in [0, 0.1) is 28.1 Å². The van der Waals surface area contributed by atoms with Crippen molar-refractivity contribution in [2.45, 2.75) is 127 Å². The number of cyclic esters (lactones) is 1. The summed E-state index contributed by atoms with van der Waals surface area (Å²) in [5.74, 6) is -4.54. The van der Waals surface area contributed by atoms with E-state index in [4.69, 9.17) is 28.1 Å². The van der Waals surface area contributed by atoms with E-state index in [2.05, 4.69) is 0 Å². The first-order valence-corrected chi connectivity index (χ1v) is 16.6. The first-order valence-electron chi connectivity index (χ1n) is 16.6. The number of aliphatic hydroxyl groups is 4. The lowest BCUT2D eigenvalue weighted by molar-refractivity contribution is -0.338. The Morgan fingerprint density at radius 2 is 1.78 bits per heavy atom. The Balaban J connectivity index is 1.47. The fourth-order valence-electron chi connectivity index (χ4n) is 10.4. The van der Waals surface area contributed by atoms with Crippen LogP contribution in [0.5, 0.6) is 0 Å². The van der Waals surface area contributed by atoms with Crippen molar-refractivity contribution in [3.63, 3.8) is 0 Å². The first kappa shape index (κ1) is 35.9. The summed E-state index contributed by atoms with van der Waals surface area (Å²) < 4.78 is 35.5. The third kappa shape index (κ3) is 4.94. The predicted molar refractivity (Wildman–Crippen MR) is 162 cm³/mol. The number of epoxide rings is 1. The van der Waals surface area contributed by atoms with E-state index in [1.807, 2.05) is 6.92 Å². The highest BCUT2D eigenvalue weighted by Gasteiger charge is 2.88. The lowest BCUT2D eigenvalue weighted by Crippen LogP contribution is -2.73. The van der Waals surface area contributed by atoms with Crippen molar-refractivity contribution < 1.29 is 72.8 Å². The smallest absolute Gasteiger partial charge is 0.339 e. The summed E-state index contributed by atoms with van der Waals surface area (Å²) >= 11 is 0. The second kappa shape index (κ2) is 11.8. The molecule has 15 nitrogen and oxygen atoms in total. The quantitative estimate of drug-likeness (QED) is 0.180. The Kier molecular flexibility index (Phi) is 8.66. The summed E-state index contributed by atoms with van der Waals surface area (Å²) in [6, 6.07) is 1.69. The zero-order chi connectivity index (χ0) is 36.1. The van der Waals surface area contributed by atoms with Crippen LogP contribution in [-0.2, 0) is 42.9 Å². The van der Waals surface area contributed by atoms with Crippen LogP contribution < -0.4 is 0 Å². The van der Waals surface area contributed by atoms with Crippen LogP contribution in [0.4, 0.5) is 0 Å². The van der Waals surface area contributed by atoms with E-state index < -0.39 is 119 Å². The molecule has 2 aliphatic carbocycles. The number of furan rings is 1. The average Bonchev–Trinajstić information content (AvgIpc) is 3.59. The number of aliphatic carboxylic acids is 1. The van der Waals surface area contributed by atoms with Crippen LogP contribution in [0.25, 0.3) is 0 Å². The standard InChI is InChI=1S/C34H46O15/c1-15(36)45-21(12-22(38)39)32(5)18-7-9-31(4)26(16-8-10-44-14-16)47-28(43)27-34(31,48-27)33(18,6)20(37)11-19(32)30(2,3)49-29-25(42)24(41)23(40)17(13-35)46-29/h8,10,14,17-19,21,23-27,29,35,40-42H,7,9,11-13H2,1-6H3,(H,38,39)/t17-,18-,19+,21-,23-,24+,25-,26+,27-,29+,31+,32-,33+,34-/m1/s1. The number of fused-ring (bicyclic) bond motifs is 1. The van der Waals surface area contributed by atoms with E-state index in [9.17, 15) is 44.7 Å². The Labute approximate surface area is 282 Å². The van der Waals surface area contributed by atoms with Crippen LogP contribution in [-0.4, -0.2) is 110 Å². The maximum absolute atomic E-state index is 14.9. The highest BCUT2D eigenvalue weighted by molar-refractivity contribution is 5.93. The van der Waals surface area contributed by atoms with Gasteiger partial charge >= 0.3 is 17.9 Å². The molecule has 14 atom stereocenters. The van der Waals surface area contributed by atoms with E-state index in [-0.39, 0.29) is 12.2 Å². The van der Waals surface area contributed by atoms with Crippen LogP contribution in [0.1, 0.15) is 78.9 Å². The molecule has 15 heteroatoms. The number of ether oxygens (including phenoxy) is 5. The summed E-state index contributed by atoms with van der Waals surface area (Å²) in [5, 5.41) is 51.5. The maximum Gasteiger partial charge on any atom is 0.339 e. The van der Waals surface area contributed by atoms with Crippen molar-refractivity contribution in [2.24, 2.45) is 28.1 Å². The second-order valence-corrected chi connectivity index (χ2v) is 15.5. The van der Waals surface area contributed by atoms with Gasteiger partial charge < -0.3 is 53.6 Å². The number of ketones is 1. The minimum atomic E-state index is -1.75. The largest absolute Gasteiger partial charge is 0.481 e. The number of carboxylic acid groups (broad SMARTS) is 1. The van der Waals surface area contributed by atoms with Gasteiger partial charge in [-0.1, -0.05) is 13.8 Å². The third-order valence-electron chi connectivity index (χ3n) is 12.7. The number of carbonyl (C=O) groups is 4. The lowest BCUT2D eigenvalue weighted by Gasteiger charge is -2.67. The predicted octanol–water partition coefficient (Wildman–Crippen LogP) is 1.03. The number of esters is 2. The molecule has 6 rings (SSSR count). The molecule has 3 aliphatic heterocycles. The van der Waals surface area contributed by atoms with Crippen LogP contribution in [0.2, 0.25) is 0 Å². The molecule has 1 aromatic heterocycles. The molecule has 272 valence electrons. The van der Waals surface area contributed by atoms with Crippen molar-refractivity contribution >= 4 is 23.7 Å². The normalized spacial score (nSPS) is 45.3. The van der Waals surface area contributed by atoms with E-state index in [1.165, 1.54) is 19.5 Å². The molecular formula is C34H46O15. The molecule has 0 aromatic carbocycles. The first-order chi connectivity index (χ1) is 22.8. The molecule has 5 aliphatic rings. The van der Waals surface area contributed by atoms with Crippen molar-refractivity contribution in [2.75, 3.05) is 6.61 Å². The molecule has 1 aromatic rings. The van der Waals surface area contributed by atoms with Gasteiger partial charge in [-0.3, -0.25) is 14.4 Å². The topological polar surface area (TPSA) is 232 Å². The number of aliphatic hydroxyl groups excluding tert-OH is 4. The number of carboxylic acids is 1. The Morgan fingerprint density at radius 3 is 2.37 bits per heavy atom. The molecule has 0 bridgehead atoms. The molecule has 1 spiro atoms. The van der Waals surface area contributed by atoms with Crippen LogP contribution >= 0.6 is 0 Å². The number of carbonyl (C=O) groups excluding carboxylic acids is 3. The van der Waals surface area contributed by atoms with Crippen LogP contribution in [0.3, 0.4) is 0 Å². The number of Topliss-reactive ketones (excluding diaryl/α,β-unsaturated/α-hetero) is 1. The van der Waals surface area contributed by atoms with Crippen molar-refractivity contribution in [3.05, 3.63) is 24.2 Å². The number of hydrogen-bond acceptors (Lipinski definition) is 14. The second-order valence-electron chi connectivity index (χ2n) is 15.5. The van der Waals surface area contributed by atoms with Gasteiger partial charge in [0.2, 0.25) is 0 Å². The summed E-state index contributed by atoms with van der Waals surface area (Å²) in [6.45, 7) is 9.13. The molecule has 0 unspecified atom stereocenters. The van der Waals surface area contributed by atoms with Gasteiger partial charge in [-0.15, -0.1) is 0 Å². The highest BCUT2D eigenvalue weighted by Crippen LogP contribution is 2.78. The van der Waals surface area contributed by atoms with E-state index in [0.29, 0.717) is 18.4 Å². The van der Waals surface area contributed by atoms with Gasteiger partial charge in [0, 0.05) is 35.7 Å². The highest BCUT2D eigenvalue weighted by atomic mass is 16.7. The molecule has 5 fully saturated rings. The number of rotatable bonds is 9. The van der Waals surface area contributed by atoms with Gasteiger partial charge in [0.15, 0.2) is 12.4 Å². The molecule has 0 amide bonds. The van der Waals surface area contributed by atoms with E-state index in [1.54, 1.807) is 33.8 Å². The third-order valence-corrected chi connectivity index (χ3v) is 12.7. The summed E-state index contributed by atoms with van der Waals surface area (Å²) in [5.41, 5.74) is -5.86. The van der Waals surface area contributed by atoms with Gasteiger partial charge in [0.1, 0.15) is 48.0 Å². The summed E-state index contributed by atoms with van der Waals surface area (Å²) in [6.07, 6.45) is -8.35. The summed E-state index contributed by atoms with van der Waals surface area (Å²) in [7, 11) is 0. The van der Waals surface area contributed by atoms with Crippen molar-refractivity contribution in [1.29, 1.82) is 0 Å². The van der Waals surface area contributed by atoms with Crippen LogP contribution in [0.15, 0.2) is 23.0 Å². The van der Waals surface area contributed by atoms with Gasteiger partial charge in [-0.2, -0.15) is 0 Å². The lowest BCUT2D eigenvalue weighted by atomic mass is 9.37. The molecule has 3 saturated heterocycles. The van der Waals surface area contributed by atoms with Crippen molar-refractivity contribution in [1.82, 2.24) is 0 Å². The fourth-order valence-corrected chi connectivity index (χ4v) is 10.4. The number of hydrogen-bond donors (Lipinski definition) is 5. The van der Waals surface area contributed by atoms with Gasteiger partial charge in [-0.25, -0.2) is 4.79 Å². The molecule has 4 heterocycles. The molecular weight excluding hydrogens is 648 g/mol. The van der Waals surface area contributed by atoms with Gasteiger partial charge in [0.25, 0.3) is 0 Å². The minimum absolute atomic E-state index is 0.245. The molecule has 2 saturated carbocycles. The minimum Gasteiger partial charge on any atom is -0.481 e. The SMILES string of the molecule is CC(=O)O[C@H](CC(=O)O)[C@]1(C)[C@H]2CC[C@@]3(C)[C@H](c4ccoc4)OC(=O)[C@H]4O[C@]43[C@]2(C)C(=O)C[C@H]1C(C)(C)O[C@@H]1O[C@H](CO)[C@@H](O)[C@H](O)[C@H]1O. The summed E-state index contributed by atoms with van der Waals surface area (Å²) in [4.78, 5) is 53.4. The fraction of sp³-hybridized carbons (Fsp3) is 0.765. The van der Waals surface area contributed by atoms with E-state index in [0.717, 1.165) is 0 Å². The molecule has 49 heavy (non-hydrogen) atoms.